The summed E-state index contributed by atoms with van der Waals surface area (Å²) >= 11 is 0. The number of ether oxygens (including phenoxy) is 1. The molecule has 182 valence electrons. The van der Waals surface area contributed by atoms with Crippen LogP contribution in [0, 0.1) is 5.41 Å². The third-order valence-corrected chi connectivity index (χ3v) is 6.57. The van der Waals surface area contributed by atoms with Gasteiger partial charge >= 0.3 is 12.1 Å². The Kier molecular flexibility index (Phi) is 6.59. The molecule has 9 heteroatoms. The van der Waals surface area contributed by atoms with Crippen LogP contribution in [0.1, 0.15) is 47.7 Å². The SMILES string of the molecule is CCC(C)(CNC(=O)c1cn(C)nc1NC(=O)OCC1c2ccccc2-c2ccccc21)C(=O)O. The van der Waals surface area contributed by atoms with E-state index in [1.165, 1.54) is 10.9 Å². The van der Waals surface area contributed by atoms with Gasteiger partial charge < -0.3 is 15.2 Å². The molecule has 1 atom stereocenters. The minimum atomic E-state index is -1.10. The van der Waals surface area contributed by atoms with E-state index >= 15 is 0 Å². The van der Waals surface area contributed by atoms with E-state index in [0.717, 1.165) is 22.3 Å². The van der Waals surface area contributed by atoms with Crippen molar-refractivity contribution < 1.29 is 24.2 Å². The molecule has 2 aromatic carbocycles. The number of aryl methyl sites for hydroxylation is 1. The Morgan fingerprint density at radius 3 is 2.26 bits per heavy atom. The monoisotopic (exact) mass is 476 g/mol. The highest BCUT2D eigenvalue weighted by Crippen LogP contribution is 2.44. The lowest BCUT2D eigenvalue weighted by molar-refractivity contribution is -0.147. The standard InChI is InChI=1S/C26H28N4O5/c1-4-26(2,24(32)33)15-27-23(31)20-13-30(3)29-22(20)28-25(34)35-14-21-18-11-7-5-9-16(18)17-10-6-8-12-19(17)21/h5-13,21H,4,14-15H2,1-3H3,(H,27,31)(H,32,33)(H,28,29,34). The molecule has 1 unspecified atom stereocenters. The Labute approximate surface area is 203 Å². The Morgan fingerprint density at radius 2 is 1.69 bits per heavy atom. The van der Waals surface area contributed by atoms with Crippen LogP contribution in [0.25, 0.3) is 11.1 Å². The average Bonchev–Trinajstić information content (AvgIpc) is 3.38. The van der Waals surface area contributed by atoms with Crippen molar-refractivity contribution >= 4 is 23.8 Å². The van der Waals surface area contributed by atoms with E-state index in [2.05, 4.69) is 27.9 Å². The zero-order valence-electron chi connectivity index (χ0n) is 19.9. The lowest BCUT2D eigenvalue weighted by Crippen LogP contribution is -2.40. The fourth-order valence-electron chi connectivity index (χ4n) is 4.20. The summed E-state index contributed by atoms with van der Waals surface area (Å²) in [6.45, 7) is 3.38. The smallest absolute Gasteiger partial charge is 0.412 e. The third-order valence-electron chi connectivity index (χ3n) is 6.57. The molecule has 0 fully saturated rings. The zero-order chi connectivity index (χ0) is 25.2. The number of carbonyl (C=O) groups excluding carboxylic acids is 2. The molecule has 9 nitrogen and oxygen atoms in total. The molecule has 3 N–H and O–H groups in total. The molecule has 1 aromatic heterocycles. The number of benzene rings is 2. The minimum absolute atomic E-state index is 0.0377. The van der Waals surface area contributed by atoms with Gasteiger partial charge in [0.1, 0.15) is 12.2 Å². The van der Waals surface area contributed by atoms with Crippen LogP contribution in [0.3, 0.4) is 0 Å². The average molecular weight is 477 g/mol. The molecule has 1 aliphatic rings. The van der Waals surface area contributed by atoms with Crippen molar-refractivity contribution in [3.8, 4) is 11.1 Å². The van der Waals surface area contributed by atoms with E-state index in [0.29, 0.717) is 6.42 Å². The van der Waals surface area contributed by atoms with Gasteiger partial charge in [-0.25, -0.2) is 4.79 Å². The Hall–Kier alpha value is -4.14. The van der Waals surface area contributed by atoms with Crippen LogP contribution in [-0.4, -0.2) is 46.0 Å². The second kappa shape index (κ2) is 9.61. The molecular weight excluding hydrogens is 448 g/mol. The molecule has 1 heterocycles. The van der Waals surface area contributed by atoms with Crippen LogP contribution in [0.2, 0.25) is 0 Å². The van der Waals surface area contributed by atoms with E-state index < -0.39 is 23.4 Å². The minimum Gasteiger partial charge on any atom is -0.481 e. The summed E-state index contributed by atoms with van der Waals surface area (Å²) < 4.78 is 6.94. The fourth-order valence-corrected chi connectivity index (χ4v) is 4.20. The maximum Gasteiger partial charge on any atom is 0.412 e. The highest BCUT2D eigenvalue weighted by molar-refractivity contribution is 6.01. The Balaban J connectivity index is 1.43. The van der Waals surface area contributed by atoms with Crippen molar-refractivity contribution in [3.05, 3.63) is 71.4 Å². The van der Waals surface area contributed by atoms with Crippen molar-refractivity contribution in [1.82, 2.24) is 15.1 Å². The van der Waals surface area contributed by atoms with Gasteiger partial charge in [-0.15, -0.1) is 0 Å². The largest absolute Gasteiger partial charge is 0.481 e. The maximum atomic E-state index is 12.7. The zero-order valence-corrected chi connectivity index (χ0v) is 19.9. The molecular formula is C26H28N4O5. The van der Waals surface area contributed by atoms with Crippen molar-refractivity contribution in [3.63, 3.8) is 0 Å². The van der Waals surface area contributed by atoms with Crippen molar-refractivity contribution in [2.24, 2.45) is 12.5 Å². The highest BCUT2D eigenvalue weighted by atomic mass is 16.5. The molecule has 0 spiro atoms. The Morgan fingerprint density at radius 1 is 1.09 bits per heavy atom. The maximum absolute atomic E-state index is 12.7. The summed E-state index contributed by atoms with van der Waals surface area (Å²) in [6, 6.07) is 16.1. The van der Waals surface area contributed by atoms with Gasteiger partial charge in [-0.3, -0.25) is 19.6 Å². The number of carboxylic acids is 1. The molecule has 0 bridgehead atoms. The van der Waals surface area contributed by atoms with Gasteiger partial charge in [0.25, 0.3) is 5.91 Å². The summed E-state index contributed by atoms with van der Waals surface area (Å²) in [7, 11) is 1.62. The number of carboxylic acid groups (broad SMARTS) is 1. The first-order chi connectivity index (χ1) is 16.7. The number of carbonyl (C=O) groups is 3. The van der Waals surface area contributed by atoms with Gasteiger partial charge in [0.2, 0.25) is 0 Å². The quantitative estimate of drug-likeness (QED) is 0.451. The number of amides is 2. The van der Waals surface area contributed by atoms with Crippen LogP contribution >= 0.6 is 0 Å². The molecule has 0 radical (unpaired) electrons. The molecule has 3 aromatic rings. The van der Waals surface area contributed by atoms with Crippen molar-refractivity contribution in [2.45, 2.75) is 26.2 Å². The van der Waals surface area contributed by atoms with E-state index in [4.69, 9.17) is 4.74 Å². The van der Waals surface area contributed by atoms with Gasteiger partial charge in [-0.1, -0.05) is 55.5 Å². The molecule has 4 rings (SSSR count). The molecule has 0 aliphatic heterocycles. The highest BCUT2D eigenvalue weighted by Gasteiger charge is 2.32. The number of aromatic nitrogens is 2. The predicted molar refractivity (Wildman–Crippen MR) is 130 cm³/mol. The van der Waals surface area contributed by atoms with Crippen molar-refractivity contribution in [1.29, 1.82) is 0 Å². The topological polar surface area (TPSA) is 123 Å². The molecule has 1 aliphatic carbocycles. The predicted octanol–water partition coefficient (Wildman–Crippen LogP) is 4.01. The Bertz CT molecular complexity index is 1240. The first-order valence-electron chi connectivity index (χ1n) is 11.4. The van der Waals surface area contributed by atoms with Crippen LogP contribution in [0.4, 0.5) is 10.6 Å². The summed E-state index contributed by atoms with van der Waals surface area (Å²) in [5, 5.41) is 18.8. The number of aliphatic carboxylic acids is 1. The van der Waals surface area contributed by atoms with Crippen LogP contribution in [-0.2, 0) is 16.6 Å². The molecule has 35 heavy (non-hydrogen) atoms. The van der Waals surface area contributed by atoms with E-state index in [9.17, 15) is 19.5 Å². The number of anilines is 1. The number of rotatable bonds is 8. The summed E-state index contributed by atoms with van der Waals surface area (Å²) in [5.74, 6) is -1.59. The number of fused-ring (bicyclic) bond motifs is 3. The fraction of sp³-hybridized carbons (Fsp3) is 0.308. The van der Waals surface area contributed by atoms with Gasteiger partial charge in [0.05, 0.1) is 5.41 Å². The first kappa shape index (κ1) is 24.0. The summed E-state index contributed by atoms with van der Waals surface area (Å²) in [6.07, 6.45) is 1.07. The van der Waals surface area contributed by atoms with Crippen LogP contribution in [0.15, 0.2) is 54.7 Å². The van der Waals surface area contributed by atoms with E-state index in [1.807, 2.05) is 36.4 Å². The van der Waals surface area contributed by atoms with Gasteiger partial charge in [-0.2, -0.15) is 5.10 Å². The summed E-state index contributed by atoms with van der Waals surface area (Å²) in [4.78, 5) is 36.9. The second-order valence-corrected chi connectivity index (χ2v) is 8.92. The summed E-state index contributed by atoms with van der Waals surface area (Å²) in [5.41, 5.74) is 3.46. The number of hydrogen-bond donors (Lipinski definition) is 3. The number of nitrogens with zero attached hydrogens (tertiary/aromatic N) is 2. The number of hydrogen-bond acceptors (Lipinski definition) is 5. The number of nitrogens with one attached hydrogen (secondary N) is 2. The molecule has 0 saturated carbocycles. The van der Waals surface area contributed by atoms with Gasteiger partial charge in [-0.05, 0) is 35.6 Å². The van der Waals surface area contributed by atoms with E-state index in [1.54, 1.807) is 20.9 Å². The lowest BCUT2D eigenvalue weighted by Gasteiger charge is -2.23. The van der Waals surface area contributed by atoms with Gasteiger partial charge in [0.15, 0.2) is 5.82 Å². The third kappa shape index (κ3) is 4.75. The van der Waals surface area contributed by atoms with Crippen molar-refractivity contribution in [2.75, 3.05) is 18.5 Å². The molecule has 2 amide bonds. The molecule has 0 saturated heterocycles. The van der Waals surface area contributed by atoms with Crippen LogP contribution in [0.5, 0.6) is 0 Å². The van der Waals surface area contributed by atoms with Crippen LogP contribution < -0.4 is 10.6 Å². The van der Waals surface area contributed by atoms with E-state index in [-0.39, 0.29) is 30.5 Å². The first-order valence-corrected chi connectivity index (χ1v) is 11.4. The van der Waals surface area contributed by atoms with Gasteiger partial charge in [0, 0.05) is 25.7 Å². The second-order valence-electron chi connectivity index (χ2n) is 8.92. The normalized spacial score (nSPS) is 13.9. The lowest BCUT2D eigenvalue weighted by atomic mass is 9.87.